The molecule has 0 saturated carbocycles. The quantitative estimate of drug-likeness (QED) is 0.544. The van der Waals surface area contributed by atoms with Crippen molar-refractivity contribution in [3.8, 4) is 0 Å². The van der Waals surface area contributed by atoms with Crippen LogP contribution >= 0.6 is 0 Å². The highest BCUT2D eigenvalue weighted by atomic mass is 16.7. The van der Waals surface area contributed by atoms with E-state index in [2.05, 4.69) is 15.6 Å². The fourth-order valence-corrected chi connectivity index (χ4v) is 0.959. The van der Waals surface area contributed by atoms with Crippen molar-refractivity contribution in [2.75, 3.05) is 33.9 Å². The van der Waals surface area contributed by atoms with Crippen molar-refractivity contribution < 1.29 is 9.47 Å². The monoisotopic (exact) mass is 173 g/mol. The Kier molecular flexibility index (Phi) is 3.83. The van der Waals surface area contributed by atoms with E-state index in [4.69, 9.17) is 9.47 Å². The molecule has 0 unspecified atom stereocenters. The highest BCUT2D eigenvalue weighted by Crippen LogP contribution is 1.88. The minimum absolute atomic E-state index is 0.213. The second kappa shape index (κ2) is 4.95. The van der Waals surface area contributed by atoms with E-state index in [0.717, 1.165) is 19.0 Å². The zero-order valence-corrected chi connectivity index (χ0v) is 7.46. The fraction of sp³-hybridized carbons (Fsp3) is 0.857. The van der Waals surface area contributed by atoms with Gasteiger partial charge in [-0.1, -0.05) is 0 Å². The average Bonchev–Trinajstić information content (AvgIpc) is 2.59. The summed E-state index contributed by atoms with van der Waals surface area (Å²) in [4.78, 5) is 4.16. The van der Waals surface area contributed by atoms with Gasteiger partial charge in [0, 0.05) is 20.8 Å². The van der Waals surface area contributed by atoms with Gasteiger partial charge < -0.3 is 20.1 Å². The van der Waals surface area contributed by atoms with Gasteiger partial charge in [0.15, 0.2) is 12.2 Å². The van der Waals surface area contributed by atoms with Crippen LogP contribution in [-0.4, -0.2) is 46.1 Å². The van der Waals surface area contributed by atoms with Crippen molar-refractivity contribution in [2.45, 2.75) is 6.29 Å². The highest BCUT2D eigenvalue weighted by molar-refractivity contribution is 5.81. The summed E-state index contributed by atoms with van der Waals surface area (Å²) in [5, 5.41) is 6.16. The molecule has 0 fully saturated rings. The maximum absolute atomic E-state index is 4.99. The normalized spacial score (nSPS) is 16.1. The van der Waals surface area contributed by atoms with E-state index < -0.39 is 0 Å². The van der Waals surface area contributed by atoms with Crippen LogP contribution in [0.25, 0.3) is 0 Å². The Morgan fingerprint density at radius 2 is 2.33 bits per heavy atom. The molecule has 70 valence electrons. The van der Waals surface area contributed by atoms with Crippen LogP contribution in [0, 0.1) is 0 Å². The molecule has 0 bridgehead atoms. The third-order valence-electron chi connectivity index (χ3n) is 1.64. The predicted molar refractivity (Wildman–Crippen MR) is 46.1 cm³/mol. The molecule has 1 heterocycles. The zero-order chi connectivity index (χ0) is 8.81. The van der Waals surface area contributed by atoms with Crippen LogP contribution in [0.4, 0.5) is 0 Å². The minimum atomic E-state index is -0.213. The lowest BCUT2D eigenvalue weighted by Crippen LogP contribution is -2.39. The van der Waals surface area contributed by atoms with Crippen LogP contribution in [0.1, 0.15) is 0 Å². The first-order valence-electron chi connectivity index (χ1n) is 3.94. The van der Waals surface area contributed by atoms with Crippen LogP contribution in [0.3, 0.4) is 0 Å². The molecule has 5 heteroatoms. The van der Waals surface area contributed by atoms with Gasteiger partial charge in [-0.2, -0.15) is 0 Å². The molecule has 0 atom stereocenters. The van der Waals surface area contributed by atoms with E-state index in [1.165, 1.54) is 0 Å². The van der Waals surface area contributed by atoms with Gasteiger partial charge in [-0.05, 0) is 0 Å². The van der Waals surface area contributed by atoms with Crippen LogP contribution in [0.2, 0.25) is 0 Å². The number of aliphatic imine (C=N–C) groups is 1. The first-order chi connectivity index (χ1) is 5.86. The molecule has 0 aromatic heterocycles. The summed E-state index contributed by atoms with van der Waals surface area (Å²) in [6, 6.07) is 0. The van der Waals surface area contributed by atoms with Gasteiger partial charge in [-0.3, -0.25) is 4.99 Å². The van der Waals surface area contributed by atoms with Crippen molar-refractivity contribution >= 4 is 5.96 Å². The molecule has 0 amide bonds. The lowest BCUT2D eigenvalue weighted by atomic mass is 10.6. The van der Waals surface area contributed by atoms with E-state index in [9.17, 15) is 0 Å². The molecule has 1 rings (SSSR count). The van der Waals surface area contributed by atoms with Gasteiger partial charge in [-0.25, -0.2) is 0 Å². The second-order valence-electron chi connectivity index (χ2n) is 2.44. The van der Waals surface area contributed by atoms with Crippen LogP contribution in [0.15, 0.2) is 4.99 Å². The summed E-state index contributed by atoms with van der Waals surface area (Å²) in [5.74, 6) is 0.828. The fourth-order valence-electron chi connectivity index (χ4n) is 0.959. The molecule has 1 aliphatic rings. The Labute approximate surface area is 72.1 Å². The van der Waals surface area contributed by atoms with Crippen molar-refractivity contribution in [1.29, 1.82) is 0 Å². The number of guanidine groups is 1. The van der Waals surface area contributed by atoms with Crippen molar-refractivity contribution in [3.05, 3.63) is 0 Å². The molecule has 0 aromatic carbocycles. The lowest BCUT2D eigenvalue weighted by molar-refractivity contribution is -0.0966. The maximum Gasteiger partial charge on any atom is 0.191 e. The summed E-state index contributed by atoms with van der Waals surface area (Å²) in [6.45, 7) is 2.36. The van der Waals surface area contributed by atoms with Crippen LogP contribution in [0.5, 0.6) is 0 Å². The molecule has 0 radical (unpaired) electrons. The third-order valence-corrected chi connectivity index (χ3v) is 1.64. The number of hydrogen-bond donors (Lipinski definition) is 2. The summed E-state index contributed by atoms with van der Waals surface area (Å²) < 4.78 is 9.98. The summed E-state index contributed by atoms with van der Waals surface area (Å²) in [7, 11) is 3.22. The summed E-state index contributed by atoms with van der Waals surface area (Å²) >= 11 is 0. The topological polar surface area (TPSA) is 54.9 Å². The number of hydrogen-bond acceptors (Lipinski definition) is 5. The van der Waals surface area contributed by atoms with Crippen molar-refractivity contribution in [1.82, 2.24) is 10.6 Å². The zero-order valence-electron chi connectivity index (χ0n) is 7.46. The average molecular weight is 173 g/mol. The van der Waals surface area contributed by atoms with Crippen molar-refractivity contribution in [2.24, 2.45) is 4.99 Å². The highest BCUT2D eigenvalue weighted by Gasteiger charge is 2.08. The van der Waals surface area contributed by atoms with E-state index >= 15 is 0 Å². The maximum atomic E-state index is 4.99. The minimum Gasteiger partial charge on any atom is -0.355 e. The predicted octanol–water partition coefficient (Wildman–Crippen LogP) is -0.846. The second-order valence-corrected chi connectivity index (χ2v) is 2.44. The Bertz CT molecular complexity index is 157. The largest absolute Gasteiger partial charge is 0.355 e. The Hall–Kier alpha value is -0.810. The molecule has 0 spiro atoms. The molecule has 0 aliphatic carbocycles. The smallest absolute Gasteiger partial charge is 0.191 e. The number of nitrogens with zero attached hydrogens (tertiary/aromatic N) is 1. The molecule has 12 heavy (non-hydrogen) atoms. The Morgan fingerprint density at radius 3 is 2.83 bits per heavy atom. The standard InChI is InChI=1S/C7H15N3O2/c1-11-6(12-2)5-10-7-8-3-4-9-7/h6H,3-5H2,1-2H3,(H2,8,9,10). The Morgan fingerprint density at radius 1 is 1.58 bits per heavy atom. The van der Waals surface area contributed by atoms with Gasteiger partial charge in [-0.15, -0.1) is 0 Å². The molecule has 0 aromatic rings. The number of rotatable bonds is 4. The summed E-state index contributed by atoms with van der Waals surface area (Å²) in [6.07, 6.45) is -0.213. The molecule has 0 saturated heterocycles. The third kappa shape index (κ3) is 2.67. The van der Waals surface area contributed by atoms with E-state index in [1.54, 1.807) is 14.2 Å². The van der Waals surface area contributed by atoms with Crippen molar-refractivity contribution in [3.63, 3.8) is 0 Å². The van der Waals surface area contributed by atoms with Gasteiger partial charge >= 0.3 is 0 Å². The molecule has 1 aliphatic heterocycles. The van der Waals surface area contributed by atoms with E-state index in [-0.39, 0.29) is 6.29 Å². The first-order valence-corrected chi connectivity index (χ1v) is 3.94. The Balaban J connectivity index is 2.14. The lowest BCUT2D eigenvalue weighted by Gasteiger charge is -2.14. The van der Waals surface area contributed by atoms with Crippen LogP contribution < -0.4 is 10.6 Å². The first kappa shape index (κ1) is 9.28. The molecular formula is C7H15N3O2. The van der Waals surface area contributed by atoms with Gasteiger partial charge in [0.1, 0.15) is 0 Å². The SMILES string of the molecule is COC(CNC1=NCCN1)OC. The molecule has 2 N–H and O–H groups in total. The molecule has 5 nitrogen and oxygen atoms in total. The number of methoxy groups -OCH3 is 2. The summed E-state index contributed by atoms with van der Waals surface area (Å²) in [5.41, 5.74) is 0. The van der Waals surface area contributed by atoms with E-state index in [1.807, 2.05) is 0 Å². The number of nitrogens with one attached hydrogen (secondary N) is 2. The van der Waals surface area contributed by atoms with Gasteiger partial charge in [0.2, 0.25) is 0 Å². The molecular weight excluding hydrogens is 158 g/mol. The van der Waals surface area contributed by atoms with Gasteiger partial charge in [0.25, 0.3) is 0 Å². The van der Waals surface area contributed by atoms with Crippen LogP contribution in [-0.2, 0) is 9.47 Å². The van der Waals surface area contributed by atoms with E-state index in [0.29, 0.717) is 6.54 Å². The van der Waals surface area contributed by atoms with Gasteiger partial charge in [0.05, 0.1) is 13.1 Å². The number of ether oxygens (including phenoxy) is 2.